The smallest absolute Gasteiger partial charge is 0.0227 e. The highest BCUT2D eigenvalue weighted by atomic mass is 14.9. The molecule has 1 aliphatic rings. The molecule has 0 heterocycles. The summed E-state index contributed by atoms with van der Waals surface area (Å²) < 4.78 is 0. The van der Waals surface area contributed by atoms with Crippen LogP contribution in [0.25, 0.3) is 0 Å². The molecule has 2 unspecified atom stereocenters. The highest BCUT2D eigenvalue weighted by Crippen LogP contribution is 2.45. The van der Waals surface area contributed by atoms with Crippen molar-refractivity contribution in [2.24, 2.45) is 11.7 Å². The third-order valence-corrected chi connectivity index (χ3v) is 3.39. The van der Waals surface area contributed by atoms with Gasteiger partial charge in [0.2, 0.25) is 0 Å². The predicted octanol–water partition coefficient (Wildman–Crippen LogP) is 2.66. The van der Waals surface area contributed by atoms with Gasteiger partial charge in [-0.3, -0.25) is 0 Å². The summed E-state index contributed by atoms with van der Waals surface area (Å²) in [5.41, 5.74) is 9.12. The maximum atomic E-state index is 6.28. The Bertz CT molecular complexity index is 332. The minimum atomic E-state index is 0.114. The summed E-state index contributed by atoms with van der Waals surface area (Å²) in [5.74, 6) is 0.753. The van der Waals surface area contributed by atoms with Crippen molar-refractivity contribution in [1.29, 1.82) is 0 Å². The van der Waals surface area contributed by atoms with Crippen LogP contribution in [0.4, 0.5) is 0 Å². The van der Waals surface area contributed by atoms with Gasteiger partial charge in [0, 0.05) is 5.54 Å². The van der Waals surface area contributed by atoms with Crippen LogP contribution in [0.3, 0.4) is 0 Å². The zero-order chi connectivity index (χ0) is 10.2. The normalized spacial score (nSPS) is 30.4. The van der Waals surface area contributed by atoms with E-state index in [0.717, 1.165) is 12.3 Å². The van der Waals surface area contributed by atoms with Crippen LogP contribution in [0, 0.1) is 12.8 Å². The maximum Gasteiger partial charge on any atom is 0.0227 e. The molecule has 1 nitrogen and oxygen atoms in total. The second-order valence-electron chi connectivity index (χ2n) is 4.71. The fraction of sp³-hybridized carbons (Fsp3) is 0.538. The van der Waals surface area contributed by atoms with Crippen LogP contribution >= 0.6 is 0 Å². The number of nitrogens with two attached hydrogens (primary N) is 1. The molecule has 1 aromatic rings. The highest BCUT2D eigenvalue weighted by molar-refractivity contribution is 5.26. The van der Waals surface area contributed by atoms with E-state index in [1.807, 2.05) is 0 Å². The Morgan fingerprint density at radius 2 is 2.29 bits per heavy atom. The summed E-state index contributed by atoms with van der Waals surface area (Å²) in [6, 6.07) is 8.69. The molecule has 1 aromatic carbocycles. The SMILES string of the molecule is CCC1CC1(N)Cc1cccc(C)c1. The van der Waals surface area contributed by atoms with Crippen LogP contribution < -0.4 is 5.73 Å². The first-order valence-corrected chi connectivity index (χ1v) is 5.48. The maximum absolute atomic E-state index is 6.28. The third kappa shape index (κ3) is 1.83. The first-order chi connectivity index (χ1) is 6.64. The highest BCUT2D eigenvalue weighted by Gasteiger charge is 2.48. The van der Waals surface area contributed by atoms with Gasteiger partial charge in [0.25, 0.3) is 0 Å². The Kier molecular flexibility index (Phi) is 2.36. The molecule has 0 bridgehead atoms. The second-order valence-corrected chi connectivity index (χ2v) is 4.71. The van der Waals surface area contributed by atoms with E-state index in [-0.39, 0.29) is 5.54 Å². The largest absolute Gasteiger partial charge is 0.325 e. The van der Waals surface area contributed by atoms with Gasteiger partial charge < -0.3 is 5.73 Å². The molecule has 76 valence electrons. The van der Waals surface area contributed by atoms with Crippen LogP contribution in [0.15, 0.2) is 24.3 Å². The first-order valence-electron chi connectivity index (χ1n) is 5.48. The molecule has 0 amide bonds. The summed E-state index contributed by atoms with van der Waals surface area (Å²) in [6.45, 7) is 4.37. The van der Waals surface area contributed by atoms with Crippen LogP contribution in [0.5, 0.6) is 0 Å². The zero-order valence-electron chi connectivity index (χ0n) is 9.09. The summed E-state index contributed by atoms with van der Waals surface area (Å²) in [7, 11) is 0. The van der Waals surface area contributed by atoms with Gasteiger partial charge in [0.15, 0.2) is 0 Å². The van der Waals surface area contributed by atoms with Gasteiger partial charge in [-0.05, 0) is 31.2 Å². The molecule has 1 fully saturated rings. The van der Waals surface area contributed by atoms with E-state index in [9.17, 15) is 0 Å². The average Bonchev–Trinajstić information content (AvgIpc) is 2.76. The summed E-state index contributed by atoms with van der Waals surface area (Å²) in [6.07, 6.45) is 3.48. The van der Waals surface area contributed by atoms with E-state index in [4.69, 9.17) is 5.73 Å². The fourth-order valence-electron chi connectivity index (χ4n) is 2.37. The second kappa shape index (κ2) is 3.39. The zero-order valence-corrected chi connectivity index (χ0v) is 9.09. The van der Waals surface area contributed by atoms with Crippen LogP contribution in [0.2, 0.25) is 0 Å². The third-order valence-electron chi connectivity index (χ3n) is 3.39. The molecule has 1 heteroatoms. The van der Waals surface area contributed by atoms with Crippen molar-refractivity contribution in [2.75, 3.05) is 0 Å². The molecule has 14 heavy (non-hydrogen) atoms. The Balaban J connectivity index is 2.05. The molecule has 2 rings (SSSR count). The molecular formula is C13H19N. The number of aryl methyl sites for hydroxylation is 1. The summed E-state index contributed by atoms with van der Waals surface area (Å²) in [5, 5.41) is 0. The first kappa shape index (κ1) is 9.72. The van der Waals surface area contributed by atoms with E-state index in [1.165, 1.54) is 24.0 Å². The standard InChI is InChI=1S/C13H19N/c1-3-12-9-13(12,14)8-11-6-4-5-10(2)7-11/h4-7,12H,3,8-9,14H2,1-2H3. The van der Waals surface area contributed by atoms with E-state index in [1.54, 1.807) is 0 Å². The Hall–Kier alpha value is -0.820. The van der Waals surface area contributed by atoms with Gasteiger partial charge in [-0.1, -0.05) is 43.2 Å². The minimum Gasteiger partial charge on any atom is -0.325 e. The van der Waals surface area contributed by atoms with Crippen LogP contribution in [-0.4, -0.2) is 5.54 Å². The van der Waals surface area contributed by atoms with Gasteiger partial charge in [-0.2, -0.15) is 0 Å². The lowest BCUT2D eigenvalue weighted by Gasteiger charge is -2.11. The lowest BCUT2D eigenvalue weighted by molar-refractivity contribution is 0.579. The van der Waals surface area contributed by atoms with Crippen molar-refractivity contribution in [3.63, 3.8) is 0 Å². The van der Waals surface area contributed by atoms with Gasteiger partial charge in [0.1, 0.15) is 0 Å². The van der Waals surface area contributed by atoms with Crippen LogP contribution in [-0.2, 0) is 6.42 Å². The lowest BCUT2D eigenvalue weighted by Crippen LogP contribution is -2.27. The lowest BCUT2D eigenvalue weighted by atomic mass is 10.0. The Labute approximate surface area is 86.3 Å². The van der Waals surface area contributed by atoms with Crippen molar-refractivity contribution in [1.82, 2.24) is 0 Å². The minimum absolute atomic E-state index is 0.114. The molecule has 0 saturated heterocycles. The summed E-state index contributed by atoms with van der Waals surface area (Å²) in [4.78, 5) is 0. The van der Waals surface area contributed by atoms with Crippen LogP contribution in [0.1, 0.15) is 30.9 Å². The topological polar surface area (TPSA) is 26.0 Å². The quantitative estimate of drug-likeness (QED) is 0.777. The fourth-order valence-corrected chi connectivity index (χ4v) is 2.37. The monoisotopic (exact) mass is 189 g/mol. The Morgan fingerprint density at radius 3 is 2.86 bits per heavy atom. The van der Waals surface area contributed by atoms with E-state index in [0.29, 0.717) is 0 Å². The van der Waals surface area contributed by atoms with Gasteiger partial charge in [-0.15, -0.1) is 0 Å². The summed E-state index contributed by atoms with van der Waals surface area (Å²) >= 11 is 0. The number of hydrogen-bond donors (Lipinski definition) is 1. The van der Waals surface area contributed by atoms with Crippen molar-refractivity contribution in [3.05, 3.63) is 35.4 Å². The predicted molar refractivity (Wildman–Crippen MR) is 60.2 cm³/mol. The molecule has 2 N–H and O–H groups in total. The van der Waals surface area contributed by atoms with E-state index >= 15 is 0 Å². The van der Waals surface area contributed by atoms with Crippen molar-refractivity contribution >= 4 is 0 Å². The van der Waals surface area contributed by atoms with Gasteiger partial charge in [-0.25, -0.2) is 0 Å². The van der Waals surface area contributed by atoms with Gasteiger partial charge >= 0.3 is 0 Å². The molecular weight excluding hydrogens is 170 g/mol. The van der Waals surface area contributed by atoms with E-state index in [2.05, 4.69) is 38.1 Å². The van der Waals surface area contributed by atoms with Gasteiger partial charge in [0.05, 0.1) is 0 Å². The molecule has 1 aliphatic carbocycles. The van der Waals surface area contributed by atoms with E-state index < -0.39 is 0 Å². The van der Waals surface area contributed by atoms with Crippen molar-refractivity contribution < 1.29 is 0 Å². The average molecular weight is 189 g/mol. The molecule has 0 radical (unpaired) electrons. The Morgan fingerprint density at radius 1 is 1.50 bits per heavy atom. The molecule has 0 aromatic heterocycles. The van der Waals surface area contributed by atoms with Crippen molar-refractivity contribution in [2.45, 2.75) is 38.6 Å². The number of hydrogen-bond acceptors (Lipinski definition) is 1. The van der Waals surface area contributed by atoms with Crippen molar-refractivity contribution in [3.8, 4) is 0 Å². The number of benzene rings is 1. The number of rotatable bonds is 3. The molecule has 0 aliphatic heterocycles. The molecule has 0 spiro atoms. The molecule has 2 atom stereocenters. The molecule has 1 saturated carbocycles.